The van der Waals surface area contributed by atoms with E-state index >= 15 is 0 Å². The predicted molar refractivity (Wildman–Crippen MR) is 71.8 cm³/mol. The summed E-state index contributed by atoms with van der Waals surface area (Å²) in [6, 6.07) is 2.00. The monoisotopic (exact) mass is 336 g/mol. The molecular formula is C13H16BrF3N2. The number of rotatable bonds is 4. The number of nitrogens with zero attached hydrogens (tertiary/aromatic N) is 1. The van der Waals surface area contributed by atoms with Crippen molar-refractivity contribution in [3.05, 3.63) is 33.8 Å². The normalized spacial score (nSPS) is 18.5. The largest absolute Gasteiger partial charge is 0.314 e. The first kappa shape index (κ1) is 14.8. The van der Waals surface area contributed by atoms with Gasteiger partial charge in [0.2, 0.25) is 0 Å². The van der Waals surface area contributed by atoms with E-state index in [9.17, 15) is 13.2 Å². The fourth-order valence-electron chi connectivity index (χ4n) is 2.45. The quantitative estimate of drug-likeness (QED) is 0.850. The van der Waals surface area contributed by atoms with E-state index in [-0.39, 0.29) is 16.5 Å². The fourth-order valence-corrected chi connectivity index (χ4v) is 2.80. The average molecular weight is 337 g/mol. The minimum absolute atomic E-state index is 0.0334. The van der Waals surface area contributed by atoms with E-state index in [4.69, 9.17) is 0 Å². The molecule has 1 heterocycles. The molecule has 0 spiro atoms. The Hall–Kier alpha value is -0.590. The first-order chi connectivity index (χ1) is 9.15. The van der Waals surface area contributed by atoms with Gasteiger partial charge in [-0.25, -0.2) is 8.78 Å². The summed E-state index contributed by atoms with van der Waals surface area (Å²) >= 11 is 3.06. The maximum atomic E-state index is 14.1. The molecule has 6 heteroatoms. The molecular weight excluding hydrogens is 321 g/mol. The average Bonchev–Trinajstić information content (AvgIpc) is 2.43. The SMILES string of the molecule is FCC[C@@H](c1c(F)ccc(Br)c1F)N1CCNCC1. The highest BCUT2D eigenvalue weighted by Gasteiger charge is 2.28. The summed E-state index contributed by atoms with van der Waals surface area (Å²) in [5.41, 5.74) is -0.0334. The maximum absolute atomic E-state index is 14.1. The molecule has 0 amide bonds. The van der Waals surface area contributed by atoms with Crippen molar-refractivity contribution in [2.24, 2.45) is 0 Å². The molecule has 0 aromatic heterocycles. The summed E-state index contributed by atoms with van der Waals surface area (Å²) in [6.07, 6.45) is 0.101. The second-order valence-electron chi connectivity index (χ2n) is 4.54. The molecule has 2 rings (SSSR count). The van der Waals surface area contributed by atoms with Crippen LogP contribution in [0.4, 0.5) is 13.2 Å². The molecule has 1 N–H and O–H groups in total. The zero-order chi connectivity index (χ0) is 13.8. The van der Waals surface area contributed by atoms with Gasteiger partial charge in [-0.2, -0.15) is 0 Å². The Morgan fingerprint density at radius 1 is 1.26 bits per heavy atom. The third-order valence-electron chi connectivity index (χ3n) is 3.39. The second-order valence-corrected chi connectivity index (χ2v) is 5.39. The van der Waals surface area contributed by atoms with Crippen molar-refractivity contribution < 1.29 is 13.2 Å². The number of halogens is 4. The van der Waals surface area contributed by atoms with Gasteiger partial charge in [0.1, 0.15) is 11.6 Å². The lowest BCUT2D eigenvalue weighted by atomic mass is 10.0. The first-order valence-corrected chi connectivity index (χ1v) is 7.08. The number of hydrogen-bond donors (Lipinski definition) is 1. The molecule has 1 saturated heterocycles. The summed E-state index contributed by atoms with van der Waals surface area (Å²) in [4.78, 5) is 1.93. The number of nitrogens with one attached hydrogen (secondary N) is 1. The van der Waals surface area contributed by atoms with E-state index in [1.807, 2.05) is 4.90 Å². The molecule has 19 heavy (non-hydrogen) atoms. The van der Waals surface area contributed by atoms with Gasteiger partial charge in [-0.1, -0.05) is 0 Å². The van der Waals surface area contributed by atoms with Gasteiger partial charge in [0.15, 0.2) is 0 Å². The highest BCUT2D eigenvalue weighted by atomic mass is 79.9. The molecule has 0 bridgehead atoms. The molecule has 1 atom stereocenters. The number of hydrogen-bond acceptors (Lipinski definition) is 2. The summed E-state index contributed by atoms with van der Waals surface area (Å²) in [5.74, 6) is -1.24. The minimum atomic E-state index is -0.628. The summed E-state index contributed by atoms with van der Waals surface area (Å²) in [6.45, 7) is 2.23. The Balaban J connectivity index is 2.35. The predicted octanol–water partition coefficient (Wildman–Crippen LogP) is 3.03. The lowest BCUT2D eigenvalue weighted by Gasteiger charge is -2.35. The van der Waals surface area contributed by atoms with Crippen LogP contribution in [-0.4, -0.2) is 37.8 Å². The van der Waals surface area contributed by atoms with E-state index in [0.717, 1.165) is 13.1 Å². The van der Waals surface area contributed by atoms with Crippen LogP contribution in [-0.2, 0) is 0 Å². The molecule has 1 fully saturated rings. The lowest BCUT2D eigenvalue weighted by Crippen LogP contribution is -2.45. The smallest absolute Gasteiger partial charge is 0.145 e. The van der Waals surface area contributed by atoms with Crippen molar-refractivity contribution in [1.29, 1.82) is 0 Å². The van der Waals surface area contributed by atoms with E-state index in [2.05, 4.69) is 21.2 Å². The Morgan fingerprint density at radius 2 is 1.95 bits per heavy atom. The van der Waals surface area contributed by atoms with E-state index in [1.54, 1.807) is 0 Å². The van der Waals surface area contributed by atoms with E-state index in [0.29, 0.717) is 13.1 Å². The van der Waals surface area contributed by atoms with Gasteiger partial charge in [-0.3, -0.25) is 9.29 Å². The molecule has 1 aromatic rings. The molecule has 1 aliphatic rings. The third-order valence-corrected chi connectivity index (χ3v) is 4.00. The number of piperazine rings is 1. The highest BCUT2D eigenvalue weighted by Crippen LogP contribution is 2.32. The molecule has 0 radical (unpaired) electrons. The Labute approximate surface area is 119 Å². The standard InChI is InChI=1S/C13H16BrF3N2/c14-9-1-2-10(16)12(13(9)17)11(3-4-15)19-7-5-18-6-8-19/h1-2,11,18H,3-8H2/t11-/m0/s1. The van der Waals surface area contributed by atoms with Gasteiger partial charge >= 0.3 is 0 Å². The van der Waals surface area contributed by atoms with Crippen LogP contribution in [0, 0.1) is 11.6 Å². The van der Waals surface area contributed by atoms with Crippen molar-refractivity contribution in [3.63, 3.8) is 0 Å². The van der Waals surface area contributed by atoms with Crippen molar-refractivity contribution in [3.8, 4) is 0 Å². The highest BCUT2D eigenvalue weighted by molar-refractivity contribution is 9.10. The van der Waals surface area contributed by atoms with Gasteiger partial charge in [-0.15, -0.1) is 0 Å². The Bertz CT molecular complexity index is 436. The van der Waals surface area contributed by atoms with Crippen molar-refractivity contribution in [2.45, 2.75) is 12.5 Å². The van der Waals surface area contributed by atoms with Crippen LogP contribution in [0.15, 0.2) is 16.6 Å². The van der Waals surface area contributed by atoms with E-state index in [1.165, 1.54) is 12.1 Å². The summed E-state index contributed by atoms with van der Waals surface area (Å²) in [7, 11) is 0. The zero-order valence-corrected chi connectivity index (χ0v) is 12.0. The van der Waals surface area contributed by atoms with Crippen LogP contribution in [0.5, 0.6) is 0 Å². The van der Waals surface area contributed by atoms with Crippen molar-refractivity contribution in [2.75, 3.05) is 32.9 Å². The molecule has 106 valence electrons. The van der Waals surface area contributed by atoms with Crippen LogP contribution < -0.4 is 5.32 Å². The van der Waals surface area contributed by atoms with Crippen LogP contribution in [0.25, 0.3) is 0 Å². The van der Waals surface area contributed by atoms with Gasteiger partial charge in [0.25, 0.3) is 0 Å². The summed E-state index contributed by atoms with van der Waals surface area (Å²) < 4.78 is 41.0. The van der Waals surface area contributed by atoms with Gasteiger partial charge in [-0.05, 0) is 34.5 Å². The number of benzene rings is 1. The third kappa shape index (κ3) is 3.30. The zero-order valence-electron chi connectivity index (χ0n) is 10.4. The second kappa shape index (κ2) is 6.72. The minimum Gasteiger partial charge on any atom is -0.314 e. The van der Waals surface area contributed by atoms with Gasteiger partial charge < -0.3 is 5.32 Å². The lowest BCUT2D eigenvalue weighted by molar-refractivity contribution is 0.151. The van der Waals surface area contributed by atoms with Crippen LogP contribution in [0.1, 0.15) is 18.0 Å². The maximum Gasteiger partial charge on any atom is 0.145 e. The molecule has 1 aliphatic heterocycles. The topological polar surface area (TPSA) is 15.3 Å². The van der Waals surface area contributed by atoms with Crippen LogP contribution in [0.3, 0.4) is 0 Å². The summed E-state index contributed by atoms with van der Waals surface area (Å²) in [5, 5.41) is 3.17. The Morgan fingerprint density at radius 3 is 2.58 bits per heavy atom. The molecule has 1 aromatic carbocycles. The first-order valence-electron chi connectivity index (χ1n) is 6.29. The molecule has 2 nitrogen and oxygen atoms in total. The van der Waals surface area contributed by atoms with Crippen LogP contribution in [0.2, 0.25) is 0 Å². The Kier molecular flexibility index (Phi) is 5.24. The molecule has 0 aliphatic carbocycles. The van der Waals surface area contributed by atoms with Crippen LogP contribution >= 0.6 is 15.9 Å². The van der Waals surface area contributed by atoms with Crippen molar-refractivity contribution >= 4 is 15.9 Å². The van der Waals surface area contributed by atoms with Gasteiger partial charge in [0.05, 0.1) is 11.1 Å². The molecule has 0 saturated carbocycles. The van der Waals surface area contributed by atoms with Gasteiger partial charge in [0, 0.05) is 37.8 Å². The fraction of sp³-hybridized carbons (Fsp3) is 0.538. The molecule has 0 unspecified atom stereocenters. The number of alkyl halides is 1. The van der Waals surface area contributed by atoms with E-state index < -0.39 is 24.4 Å². The van der Waals surface area contributed by atoms with Crippen molar-refractivity contribution in [1.82, 2.24) is 10.2 Å².